The highest BCUT2D eigenvalue weighted by Crippen LogP contribution is 2.04. The van der Waals surface area contributed by atoms with Gasteiger partial charge < -0.3 is 64.5 Å². The molecule has 0 aromatic carbocycles. The third kappa shape index (κ3) is 47.1. The standard InChI is InChI=1S/C21H32O12.C3H4O4.C3H8O3.C3H6O2.CH4.H2O/c1-5-16(22)28-10-14(32-18(24)7-3)12-30-20(26)9-21(27)31-13-15(33-19(25)8-4)11-29-17(23)6-2;4-2(5)1-3(6)7;4-1-3(6)2-5;1-2-3(4)5;;/h14-15H,5-13H2,1-4H3;1H2,(H,4,5)(H,6,7);3-6H,1-2H2;2H2,1H3,(H,4,5);1H4;1H2. The van der Waals surface area contributed by atoms with Crippen LogP contribution in [0.25, 0.3) is 0 Å². The Balaban J connectivity index is -0.000000226. The van der Waals surface area contributed by atoms with Gasteiger partial charge in [-0.25, -0.2) is 0 Å². The largest absolute Gasteiger partial charge is 0.481 e. The maximum absolute atomic E-state index is 11.9. The topological polar surface area (TPSA) is 362 Å². The van der Waals surface area contributed by atoms with Gasteiger partial charge in [0.15, 0.2) is 12.2 Å². The molecule has 312 valence electrons. The Morgan fingerprint density at radius 2 is 0.717 bits per heavy atom. The van der Waals surface area contributed by atoms with Gasteiger partial charge in [0, 0.05) is 32.1 Å². The number of hydrogen-bond acceptors (Lipinski definition) is 18. The molecular formula is C31H56O22. The van der Waals surface area contributed by atoms with Gasteiger partial charge >= 0.3 is 53.7 Å². The van der Waals surface area contributed by atoms with Crippen LogP contribution in [0.4, 0.5) is 0 Å². The summed E-state index contributed by atoms with van der Waals surface area (Å²) in [5.41, 5.74) is 0. The number of esters is 6. The van der Waals surface area contributed by atoms with Gasteiger partial charge in [0.05, 0.1) is 13.2 Å². The quantitative estimate of drug-likeness (QED) is 0.0471. The number of aliphatic hydroxyl groups is 3. The summed E-state index contributed by atoms with van der Waals surface area (Å²) in [4.78, 5) is 97.5. The number of carboxylic acid groups (broad SMARTS) is 3. The molecule has 0 radical (unpaired) electrons. The molecule has 0 saturated heterocycles. The van der Waals surface area contributed by atoms with Crippen LogP contribution in [0, 0.1) is 0 Å². The first-order chi connectivity index (χ1) is 23.8. The van der Waals surface area contributed by atoms with Crippen molar-refractivity contribution < 1.29 is 108 Å². The summed E-state index contributed by atoms with van der Waals surface area (Å²) in [7, 11) is 0. The van der Waals surface area contributed by atoms with Crippen LogP contribution in [0.15, 0.2) is 0 Å². The van der Waals surface area contributed by atoms with Crippen molar-refractivity contribution in [3.05, 3.63) is 0 Å². The third-order valence-corrected chi connectivity index (χ3v) is 4.79. The minimum absolute atomic E-state index is 0. The van der Waals surface area contributed by atoms with E-state index in [1.54, 1.807) is 34.6 Å². The van der Waals surface area contributed by atoms with Crippen LogP contribution < -0.4 is 0 Å². The Bertz CT molecular complexity index is 987. The first-order valence-corrected chi connectivity index (χ1v) is 15.4. The summed E-state index contributed by atoms with van der Waals surface area (Å²) in [5.74, 6) is -7.53. The predicted octanol–water partition coefficient (Wildman–Crippen LogP) is -0.817. The van der Waals surface area contributed by atoms with Crippen LogP contribution in [-0.4, -0.2) is 148 Å². The molecule has 2 atom stereocenters. The van der Waals surface area contributed by atoms with E-state index in [4.69, 9.17) is 59.1 Å². The third-order valence-electron chi connectivity index (χ3n) is 4.79. The Morgan fingerprint density at radius 3 is 0.887 bits per heavy atom. The summed E-state index contributed by atoms with van der Waals surface area (Å²) in [6.45, 7) is 5.69. The lowest BCUT2D eigenvalue weighted by atomic mass is 10.3. The molecule has 0 aliphatic rings. The van der Waals surface area contributed by atoms with Gasteiger partial charge in [0.2, 0.25) is 0 Å². The van der Waals surface area contributed by atoms with E-state index < -0.39 is 98.1 Å². The average Bonchev–Trinajstić information content (AvgIpc) is 3.09. The molecule has 8 N–H and O–H groups in total. The van der Waals surface area contributed by atoms with E-state index in [1.807, 2.05) is 0 Å². The average molecular weight is 781 g/mol. The summed E-state index contributed by atoms with van der Waals surface area (Å²) >= 11 is 0. The zero-order chi connectivity index (χ0) is 40.4. The lowest BCUT2D eigenvalue weighted by molar-refractivity contribution is -0.171. The number of carbonyl (C=O) groups excluding carboxylic acids is 6. The van der Waals surface area contributed by atoms with E-state index in [-0.39, 0.29) is 71.4 Å². The Kier molecular flexibility index (Phi) is 45.2. The zero-order valence-corrected chi connectivity index (χ0v) is 29.7. The second-order valence-electron chi connectivity index (χ2n) is 9.28. The second kappa shape index (κ2) is 39.8. The second-order valence-corrected chi connectivity index (χ2v) is 9.28. The molecule has 22 nitrogen and oxygen atoms in total. The van der Waals surface area contributed by atoms with E-state index in [0.717, 1.165) is 0 Å². The Labute approximate surface area is 306 Å². The summed E-state index contributed by atoms with van der Waals surface area (Å²) in [6, 6.07) is 0. The van der Waals surface area contributed by atoms with E-state index in [1.165, 1.54) is 0 Å². The molecule has 53 heavy (non-hydrogen) atoms. The predicted molar refractivity (Wildman–Crippen MR) is 178 cm³/mol. The molecule has 0 saturated carbocycles. The zero-order valence-electron chi connectivity index (χ0n) is 29.7. The molecule has 0 rings (SSSR count). The van der Waals surface area contributed by atoms with Gasteiger partial charge in [0.1, 0.15) is 45.4 Å². The molecule has 0 amide bonds. The SMILES string of the molecule is C.CCC(=O)O.CCC(=O)OCC(COC(=O)CC(=O)OCC(COC(=O)CC)OC(=O)CC)OC(=O)CC.O.O=C(O)CC(=O)O.OCC(O)CO. The number of rotatable bonds is 21. The van der Waals surface area contributed by atoms with Crippen molar-refractivity contribution in [1.82, 2.24) is 0 Å². The molecule has 0 heterocycles. The van der Waals surface area contributed by atoms with Gasteiger partial charge in [-0.3, -0.25) is 43.2 Å². The first kappa shape index (κ1) is 60.2. The van der Waals surface area contributed by atoms with E-state index in [0.29, 0.717) is 0 Å². The molecule has 0 bridgehead atoms. The van der Waals surface area contributed by atoms with Crippen molar-refractivity contribution in [2.45, 2.75) is 105 Å². The van der Waals surface area contributed by atoms with Gasteiger partial charge in [-0.05, 0) is 0 Å². The normalized spacial score (nSPS) is 10.4. The van der Waals surface area contributed by atoms with Crippen molar-refractivity contribution in [2.75, 3.05) is 39.6 Å². The lowest BCUT2D eigenvalue weighted by Crippen LogP contribution is -2.32. The minimum atomic E-state index is -1.31. The summed E-state index contributed by atoms with van der Waals surface area (Å²) in [5, 5.41) is 47.1. The molecule has 22 heteroatoms. The molecule has 2 unspecified atom stereocenters. The summed E-state index contributed by atoms with van der Waals surface area (Å²) < 4.78 is 29.7. The lowest BCUT2D eigenvalue weighted by Gasteiger charge is -2.18. The Morgan fingerprint density at radius 1 is 0.453 bits per heavy atom. The highest BCUT2D eigenvalue weighted by Gasteiger charge is 2.22. The molecule has 0 aromatic rings. The molecule has 0 spiro atoms. The smallest absolute Gasteiger partial charge is 0.317 e. The maximum atomic E-state index is 11.9. The minimum Gasteiger partial charge on any atom is -0.481 e. The van der Waals surface area contributed by atoms with Crippen LogP contribution in [0.2, 0.25) is 0 Å². The number of aliphatic carboxylic acids is 3. The maximum Gasteiger partial charge on any atom is 0.317 e. The van der Waals surface area contributed by atoms with Crippen molar-refractivity contribution in [2.24, 2.45) is 0 Å². The van der Waals surface area contributed by atoms with E-state index in [9.17, 15) is 43.2 Å². The number of carbonyl (C=O) groups is 9. The van der Waals surface area contributed by atoms with Crippen LogP contribution in [-0.2, 0) is 71.6 Å². The first-order valence-electron chi connectivity index (χ1n) is 15.4. The van der Waals surface area contributed by atoms with E-state index >= 15 is 0 Å². The fourth-order valence-electron chi connectivity index (χ4n) is 2.13. The molecule has 0 aromatic heterocycles. The Hall–Kier alpha value is -4.93. The van der Waals surface area contributed by atoms with Crippen molar-refractivity contribution in [3.63, 3.8) is 0 Å². The van der Waals surface area contributed by atoms with E-state index in [2.05, 4.69) is 0 Å². The van der Waals surface area contributed by atoms with Crippen molar-refractivity contribution >= 4 is 53.7 Å². The molecule has 0 aliphatic heterocycles. The van der Waals surface area contributed by atoms with Gasteiger partial charge in [-0.15, -0.1) is 0 Å². The number of aliphatic hydroxyl groups excluding tert-OH is 3. The fraction of sp³-hybridized carbons (Fsp3) is 0.710. The van der Waals surface area contributed by atoms with Crippen LogP contribution in [0.5, 0.6) is 0 Å². The molecular weight excluding hydrogens is 724 g/mol. The van der Waals surface area contributed by atoms with Gasteiger partial charge in [0.25, 0.3) is 0 Å². The van der Waals surface area contributed by atoms with Crippen molar-refractivity contribution in [3.8, 4) is 0 Å². The number of ether oxygens (including phenoxy) is 6. The monoisotopic (exact) mass is 780 g/mol. The van der Waals surface area contributed by atoms with Crippen molar-refractivity contribution in [1.29, 1.82) is 0 Å². The fourth-order valence-corrected chi connectivity index (χ4v) is 2.13. The van der Waals surface area contributed by atoms with Crippen LogP contribution >= 0.6 is 0 Å². The van der Waals surface area contributed by atoms with Gasteiger partial charge in [-0.1, -0.05) is 42.0 Å². The molecule has 0 fully saturated rings. The van der Waals surface area contributed by atoms with Gasteiger partial charge in [-0.2, -0.15) is 0 Å². The summed E-state index contributed by atoms with van der Waals surface area (Å²) in [6.07, 6.45) is -4.00. The molecule has 0 aliphatic carbocycles. The number of hydrogen-bond donors (Lipinski definition) is 6. The highest BCUT2D eigenvalue weighted by molar-refractivity contribution is 5.91. The number of carboxylic acids is 3. The highest BCUT2D eigenvalue weighted by atomic mass is 16.6. The van der Waals surface area contributed by atoms with Crippen LogP contribution in [0.3, 0.4) is 0 Å². The van der Waals surface area contributed by atoms with Crippen LogP contribution in [0.1, 0.15) is 87.0 Å².